The summed E-state index contributed by atoms with van der Waals surface area (Å²) >= 11 is 0. The van der Waals surface area contributed by atoms with Gasteiger partial charge in [-0.2, -0.15) is 0 Å². The first-order valence-corrected chi connectivity index (χ1v) is 9.44. The molecular weight excluding hydrogens is 300 g/mol. The molecule has 2 aliphatic carbocycles. The summed E-state index contributed by atoms with van der Waals surface area (Å²) in [5.74, 6) is 1.10. The van der Waals surface area contributed by atoms with Gasteiger partial charge in [0.15, 0.2) is 0 Å². The van der Waals surface area contributed by atoms with Crippen LogP contribution in [-0.4, -0.2) is 40.6 Å². The van der Waals surface area contributed by atoms with Gasteiger partial charge in [-0.1, -0.05) is 36.8 Å². The van der Waals surface area contributed by atoms with E-state index in [4.69, 9.17) is 0 Å². The minimum absolute atomic E-state index is 0.124. The summed E-state index contributed by atoms with van der Waals surface area (Å²) in [5.41, 5.74) is 0.287. The van der Waals surface area contributed by atoms with Crippen LogP contribution >= 0.6 is 0 Å². The number of hydrogen-bond donors (Lipinski definition) is 2. The maximum Gasteiger partial charge on any atom is 0.252 e. The van der Waals surface area contributed by atoms with Crippen molar-refractivity contribution in [2.24, 2.45) is 11.8 Å². The van der Waals surface area contributed by atoms with Crippen molar-refractivity contribution in [3.8, 4) is 0 Å². The Kier molecular flexibility index (Phi) is 4.35. The molecule has 1 heterocycles. The van der Waals surface area contributed by atoms with E-state index in [1.165, 1.54) is 18.4 Å². The van der Waals surface area contributed by atoms with Crippen LogP contribution in [0.25, 0.3) is 0 Å². The first-order valence-electron chi connectivity index (χ1n) is 9.44. The van der Waals surface area contributed by atoms with Crippen molar-refractivity contribution in [2.75, 3.05) is 13.1 Å². The number of fused-ring (bicyclic) bond motifs is 1. The molecule has 0 bridgehead atoms. The Morgan fingerprint density at radius 1 is 1.17 bits per heavy atom. The Morgan fingerprint density at radius 2 is 1.96 bits per heavy atom. The zero-order valence-electron chi connectivity index (χ0n) is 14.3. The number of nitrogens with one attached hydrogen (secondary N) is 1. The molecule has 2 N–H and O–H groups in total. The van der Waals surface area contributed by atoms with E-state index in [9.17, 15) is 9.90 Å². The van der Waals surface area contributed by atoms with Crippen LogP contribution in [0.1, 0.15) is 44.1 Å². The van der Waals surface area contributed by atoms with Gasteiger partial charge in [0.05, 0.1) is 0 Å². The van der Waals surface area contributed by atoms with Gasteiger partial charge in [0, 0.05) is 25.7 Å². The number of likely N-dealkylation sites (tertiary alicyclic amines) is 1. The average Bonchev–Trinajstić information content (AvgIpc) is 2.97. The molecule has 4 heteroatoms. The van der Waals surface area contributed by atoms with Crippen LogP contribution in [0, 0.1) is 11.8 Å². The zero-order chi connectivity index (χ0) is 16.6. The molecule has 1 aromatic carbocycles. The molecule has 0 spiro atoms. The Morgan fingerprint density at radius 3 is 2.67 bits per heavy atom. The highest BCUT2D eigenvalue weighted by Gasteiger charge is 2.46. The van der Waals surface area contributed by atoms with Crippen LogP contribution in [0.2, 0.25) is 0 Å². The number of aliphatic hydroxyl groups is 1. The summed E-state index contributed by atoms with van der Waals surface area (Å²) in [6.07, 6.45) is 5.73. The van der Waals surface area contributed by atoms with E-state index in [0.717, 1.165) is 32.5 Å². The van der Waals surface area contributed by atoms with Gasteiger partial charge in [-0.25, -0.2) is 0 Å². The van der Waals surface area contributed by atoms with E-state index in [0.29, 0.717) is 24.7 Å². The fraction of sp³-hybridized carbons (Fsp3) is 0.650. The summed E-state index contributed by atoms with van der Waals surface area (Å²) in [6.45, 7) is 3.19. The first-order chi connectivity index (χ1) is 11.6. The van der Waals surface area contributed by atoms with Crippen LogP contribution < -0.4 is 5.32 Å². The number of rotatable bonds is 4. The van der Waals surface area contributed by atoms with Crippen molar-refractivity contribution >= 4 is 5.91 Å². The van der Waals surface area contributed by atoms with Crippen molar-refractivity contribution in [1.29, 1.82) is 0 Å². The normalized spacial score (nSPS) is 32.0. The molecule has 3 atom stereocenters. The second kappa shape index (κ2) is 6.49. The van der Waals surface area contributed by atoms with E-state index in [2.05, 4.69) is 40.5 Å². The molecule has 0 aromatic heterocycles. The van der Waals surface area contributed by atoms with Gasteiger partial charge >= 0.3 is 0 Å². The summed E-state index contributed by atoms with van der Waals surface area (Å²) in [5, 5.41) is 13.5. The topological polar surface area (TPSA) is 52.6 Å². The number of amides is 1. The third-order valence-corrected chi connectivity index (χ3v) is 6.34. The quantitative estimate of drug-likeness (QED) is 0.892. The van der Waals surface area contributed by atoms with Gasteiger partial charge < -0.3 is 10.4 Å². The SMILES string of the molecule is O=C(NC1CCCC2CN(Cc3ccccc3)CC21)C1(O)CCC1. The van der Waals surface area contributed by atoms with Crippen LogP contribution in [0.4, 0.5) is 0 Å². The highest BCUT2D eigenvalue weighted by molar-refractivity contribution is 5.86. The second-order valence-corrected chi connectivity index (χ2v) is 8.00. The lowest BCUT2D eigenvalue weighted by Gasteiger charge is -2.39. The van der Waals surface area contributed by atoms with Crippen molar-refractivity contribution in [3.63, 3.8) is 0 Å². The predicted octanol–water partition coefficient (Wildman–Crippen LogP) is 2.32. The molecule has 2 saturated carbocycles. The third-order valence-electron chi connectivity index (χ3n) is 6.34. The Hall–Kier alpha value is -1.39. The molecule has 3 aliphatic rings. The molecule has 130 valence electrons. The molecule has 3 unspecified atom stereocenters. The molecule has 24 heavy (non-hydrogen) atoms. The van der Waals surface area contributed by atoms with Gasteiger partial charge in [0.25, 0.3) is 5.91 Å². The lowest BCUT2D eigenvalue weighted by molar-refractivity contribution is -0.150. The van der Waals surface area contributed by atoms with E-state index in [1.54, 1.807) is 0 Å². The van der Waals surface area contributed by atoms with E-state index in [1.807, 2.05) is 0 Å². The molecule has 3 fully saturated rings. The maximum atomic E-state index is 12.4. The molecule has 1 aromatic rings. The molecule has 1 saturated heterocycles. The largest absolute Gasteiger partial charge is 0.380 e. The summed E-state index contributed by atoms with van der Waals surface area (Å²) in [6, 6.07) is 10.9. The summed E-state index contributed by atoms with van der Waals surface area (Å²) in [4.78, 5) is 14.9. The molecule has 4 rings (SSSR count). The maximum absolute atomic E-state index is 12.4. The van der Waals surface area contributed by atoms with E-state index in [-0.39, 0.29) is 11.9 Å². The molecule has 4 nitrogen and oxygen atoms in total. The monoisotopic (exact) mass is 328 g/mol. The van der Waals surface area contributed by atoms with Crippen LogP contribution in [0.15, 0.2) is 30.3 Å². The van der Waals surface area contributed by atoms with Crippen LogP contribution in [0.5, 0.6) is 0 Å². The number of benzene rings is 1. The number of hydrogen-bond acceptors (Lipinski definition) is 3. The first kappa shape index (κ1) is 16.1. The average molecular weight is 328 g/mol. The summed E-state index contributed by atoms with van der Waals surface area (Å²) in [7, 11) is 0. The van der Waals surface area contributed by atoms with Crippen molar-refractivity contribution in [2.45, 2.75) is 56.7 Å². The van der Waals surface area contributed by atoms with Crippen molar-refractivity contribution < 1.29 is 9.90 Å². The summed E-state index contributed by atoms with van der Waals surface area (Å²) < 4.78 is 0. The van der Waals surface area contributed by atoms with Crippen molar-refractivity contribution in [3.05, 3.63) is 35.9 Å². The second-order valence-electron chi connectivity index (χ2n) is 8.00. The van der Waals surface area contributed by atoms with E-state index >= 15 is 0 Å². The minimum atomic E-state index is -1.07. The predicted molar refractivity (Wildman–Crippen MR) is 93.3 cm³/mol. The highest BCUT2D eigenvalue weighted by Crippen LogP contribution is 2.38. The molecular formula is C20H28N2O2. The lowest BCUT2D eigenvalue weighted by atomic mass is 9.76. The molecule has 0 radical (unpaired) electrons. The highest BCUT2D eigenvalue weighted by atomic mass is 16.3. The fourth-order valence-electron chi connectivity index (χ4n) is 4.76. The lowest BCUT2D eigenvalue weighted by Crippen LogP contribution is -2.56. The standard InChI is InChI=1S/C20H28N2O2/c23-19(20(24)10-5-11-20)21-18-9-4-8-16-13-22(14-17(16)18)12-15-6-2-1-3-7-15/h1-3,6-7,16-18,24H,4-5,8-14H2,(H,21,23). The Balaban J connectivity index is 1.38. The number of nitrogens with zero attached hydrogens (tertiary/aromatic N) is 1. The number of carbonyl (C=O) groups excluding carboxylic acids is 1. The third kappa shape index (κ3) is 3.09. The van der Waals surface area contributed by atoms with Gasteiger partial charge in [-0.15, -0.1) is 0 Å². The fourth-order valence-corrected chi connectivity index (χ4v) is 4.76. The smallest absolute Gasteiger partial charge is 0.252 e. The van der Waals surface area contributed by atoms with Gasteiger partial charge in [-0.3, -0.25) is 9.69 Å². The van der Waals surface area contributed by atoms with Crippen molar-refractivity contribution in [1.82, 2.24) is 10.2 Å². The van der Waals surface area contributed by atoms with Gasteiger partial charge in [0.1, 0.15) is 5.60 Å². The Labute approximate surface area is 144 Å². The van der Waals surface area contributed by atoms with Crippen LogP contribution in [0.3, 0.4) is 0 Å². The van der Waals surface area contributed by atoms with Gasteiger partial charge in [-0.05, 0) is 49.5 Å². The Bertz CT molecular complexity index is 585. The minimum Gasteiger partial charge on any atom is -0.380 e. The molecule has 1 amide bonds. The van der Waals surface area contributed by atoms with E-state index < -0.39 is 5.60 Å². The molecule has 1 aliphatic heterocycles. The van der Waals surface area contributed by atoms with Gasteiger partial charge in [0.2, 0.25) is 0 Å². The zero-order valence-corrected chi connectivity index (χ0v) is 14.3. The number of carbonyl (C=O) groups is 1. The van der Waals surface area contributed by atoms with Crippen LogP contribution in [-0.2, 0) is 11.3 Å².